The fourth-order valence-corrected chi connectivity index (χ4v) is 0.549. The molecule has 0 amide bonds. The topological polar surface area (TPSA) is 86.2 Å². The smallest absolute Gasteiger partial charge is 0.338 e. The second-order valence-corrected chi connectivity index (χ2v) is 1.75. The van der Waals surface area contributed by atoms with Gasteiger partial charge in [-0.1, -0.05) is 0 Å². The fraction of sp³-hybridized carbons (Fsp3) is 0.200. The molecule has 0 saturated heterocycles. The molecular weight excluding hydrogens is 136 g/mol. The second kappa shape index (κ2) is 2.49. The summed E-state index contributed by atoms with van der Waals surface area (Å²) in [5.74, 6) is -1.29. The molecule has 5 nitrogen and oxygen atoms in total. The number of aliphatic hydroxyl groups excluding tert-OH is 1. The van der Waals surface area contributed by atoms with Crippen LogP contribution in [-0.4, -0.2) is 26.2 Å². The molecule has 1 heterocycles. The maximum Gasteiger partial charge on any atom is 0.338 e. The van der Waals surface area contributed by atoms with Crippen LogP contribution >= 0.6 is 0 Å². The van der Waals surface area contributed by atoms with Crippen molar-refractivity contribution in [3.05, 3.63) is 18.2 Å². The predicted octanol–water partition coefficient (Wildman–Crippen LogP) is -0.472. The van der Waals surface area contributed by atoms with Crippen LogP contribution in [0.4, 0.5) is 0 Å². The lowest BCUT2D eigenvalue weighted by Crippen LogP contribution is -2.10. The van der Waals surface area contributed by atoms with Crippen molar-refractivity contribution >= 4 is 5.97 Å². The van der Waals surface area contributed by atoms with Gasteiger partial charge in [-0.3, -0.25) is 0 Å². The summed E-state index contributed by atoms with van der Waals surface area (Å²) in [7, 11) is 0. The van der Waals surface area contributed by atoms with E-state index in [1.54, 1.807) is 0 Å². The van der Waals surface area contributed by atoms with Crippen molar-refractivity contribution in [3.8, 4) is 0 Å². The number of carboxylic acids is 1. The van der Waals surface area contributed by atoms with E-state index in [9.17, 15) is 4.79 Å². The predicted molar refractivity (Wildman–Crippen MR) is 31.2 cm³/mol. The molecule has 10 heavy (non-hydrogen) atoms. The molecule has 1 atom stereocenters. The molecule has 0 aliphatic heterocycles. The van der Waals surface area contributed by atoms with Crippen LogP contribution in [0.15, 0.2) is 12.5 Å². The Hall–Kier alpha value is -1.36. The average Bonchev–Trinajstić information content (AvgIpc) is 2.36. The Morgan fingerprint density at radius 1 is 1.80 bits per heavy atom. The molecule has 0 aliphatic rings. The molecular formula is C5H6N2O3. The largest absolute Gasteiger partial charge is 0.479 e. The molecule has 0 fully saturated rings. The Morgan fingerprint density at radius 2 is 2.50 bits per heavy atom. The normalized spacial score (nSPS) is 12.9. The van der Waals surface area contributed by atoms with E-state index in [-0.39, 0.29) is 5.69 Å². The fourth-order valence-electron chi connectivity index (χ4n) is 0.549. The second-order valence-electron chi connectivity index (χ2n) is 1.75. The third kappa shape index (κ3) is 1.14. The Balaban J connectivity index is 2.77. The number of carboxylic acid groups (broad SMARTS) is 1. The van der Waals surface area contributed by atoms with E-state index in [0.717, 1.165) is 0 Å². The van der Waals surface area contributed by atoms with Gasteiger partial charge in [0.05, 0.1) is 18.2 Å². The Labute approximate surface area is 56.3 Å². The van der Waals surface area contributed by atoms with Gasteiger partial charge >= 0.3 is 5.97 Å². The number of imidazole rings is 1. The third-order valence-corrected chi connectivity index (χ3v) is 1.05. The number of H-pyrrole nitrogens is 1. The Morgan fingerprint density at radius 3 is 2.90 bits per heavy atom. The van der Waals surface area contributed by atoms with Crippen molar-refractivity contribution < 1.29 is 15.0 Å². The van der Waals surface area contributed by atoms with Gasteiger partial charge in [-0.2, -0.15) is 0 Å². The van der Waals surface area contributed by atoms with Gasteiger partial charge in [0.1, 0.15) is 0 Å². The van der Waals surface area contributed by atoms with Gasteiger partial charge in [-0.05, 0) is 0 Å². The lowest BCUT2D eigenvalue weighted by atomic mass is 10.3. The first-order valence-electron chi connectivity index (χ1n) is 2.61. The van der Waals surface area contributed by atoms with E-state index in [1.165, 1.54) is 12.5 Å². The summed E-state index contributed by atoms with van der Waals surface area (Å²) in [6.07, 6.45) is 1.07. The molecule has 0 saturated carbocycles. The van der Waals surface area contributed by atoms with Crippen molar-refractivity contribution in [2.45, 2.75) is 6.10 Å². The van der Waals surface area contributed by atoms with Gasteiger partial charge in [0.25, 0.3) is 0 Å². The first kappa shape index (κ1) is 6.76. The number of aliphatic hydroxyl groups is 1. The molecule has 0 spiro atoms. The molecule has 0 aromatic carbocycles. The monoisotopic (exact) mass is 142 g/mol. The van der Waals surface area contributed by atoms with Crippen molar-refractivity contribution in [2.24, 2.45) is 0 Å². The number of carbonyl (C=O) groups is 1. The molecule has 1 aromatic rings. The molecule has 3 N–H and O–H groups in total. The van der Waals surface area contributed by atoms with E-state index < -0.39 is 12.1 Å². The van der Waals surface area contributed by atoms with Crippen LogP contribution in [0.25, 0.3) is 0 Å². The first-order chi connectivity index (χ1) is 4.72. The lowest BCUT2D eigenvalue weighted by Gasteiger charge is -1.98. The van der Waals surface area contributed by atoms with Crippen LogP contribution in [0.5, 0.6) is 0 Å². The molecule has 0 aliphatic carbocycles. The number of aromatic nitrogens is 2. The van der Waals surface area contributed by atoms with E-state index in [1.807, 2.05) is 0 Å². The third-order valence-electron chi connectivity index (χ3n) is 1.05. The number of nitrogens with zero attached hydrogens (tertiary/aromatic N) is 1. The highest BCUT2D eigenvalue weighted by Gasteiger charge is 2.16. The highest BCUT2D eigenvalue weighted by molar-refractivity contribution is 5.73. The molecule has 1 aromatic heterocycles. The maximum atomic E-state index is 10.1. The van der Waals surface area contributed by atoms with Crippen LogP contribution in [0.1, 0.15) is 11.8 Å². The summed E-state index contributed by atoms with van der Waals surface area (Å²) < 4.78 is 0. The zero-order valence-corrected chi connectivity index (χ0v) is 4.98. The van der Waals surface area contributed by atoms with Gasteiger partial charge < -0.3 is 15.2 Å². The minimum Gasteiger partial charge on any atom is -0.479 e. The van der Waals surface area contributed by atoms with Gasteiger partial charge in [0, 0.05) is 0 Å². The zero-order chi connectivity index (χ0) is 7.56. The quantitative estimate of drug-likeness (QED) is 0.521. The highest BCUT2D eigenvalue weighted by atomic mass is 16.4. The highest BCUT2D eigenvalue weighted by Crippen LogP contribution is 2.06. The molecule has 54 valence electrons. The van der Waals surface area contributed by atoms with Crippen molar-refractivity contribution in [3.63, 3.8) is 0 Å². The summed E-state index contributed by atoms with van der Waals surface area (Å²) in [5.41, 5.74) is 0.188. The van der Waals surface area contributed by atoms with Crippen LogP contribution in [0, 0.1) is 0 Å². The summed E-state index contributed by atoms with van der Waals surface area (Å²) in [5, 5.41) is 17.1. The minimum atomic E-state index is -1.50. The maximum absolute atomic E-state index is 10.1. The number of aliphatic carboxylic acids is 1. The summed E-state index contributed by atoms with van der Waals surface area (Å²) in [4.78, 5) is 16.1. The van der Waals surface area contributed by atoms with Gasteiger partial charge in [-0.15, -0.1) is 0 Å². The zero-order valence-electron chi connectivity index (χ0n) is 4.98. The minimum absolute atomic E-state index is 0.188. The number of hydrogen-bond donors (Lipinski definition) is 3. The SMILES string of the molecule is O=C(O)C(O)c1cnc[nH]1. The van der Waals surface area contributed by atoms with Crippen LogP contribution in [-0.2, 0) is 4.79 Å². The van der Waals surface area contributed by atoms with Crippen molar-refractivity contribution in [1.82, 2.24) is 9.97 Å². The average molecular weight is 142 g/mol. The Kier molecular flexibility index (Phi) is 1.68. The number of nitrogens with one attached hydrogen (secondary N) is 1. The summed E-state index contributed by atoms with van der Waals surface area (Å²) >= 11 is 0. The van der Waals surface area contributed by atoms with E-state index in [0.29, 0.717) is 0 Å². The summed E-state index contributed by atoms with van der Waals surface area (Å²) in [6, 6.07) is 0. The number of aromatic amines is 1. The van der Waals surface area contributed by atoms with E-state index in [2.05, 4.69) is 9.97 Å². The molecule has 1 rings (SSSR count). The Bertz CT molecular complexity index is 219. The number of rotatable bonds is 2. The molecule has 0 radical (unpaired) electrons. The molecule has 1 unspecified atom stereocenters. The molecule has 0 bridgehead atoms. The molecule has 5 heteroatoms. The van der Waals surface area contributed by atoms with Crippen molar-refractivity contribution in [2.75, 3.05) is 0 Å². The summed E-state index contributed by atoms with van der Waals surface area (Å²) in [6.45, 7) is 0. The number of hydrogen-bond acceptors (Lipinski definition) is 3. The van der Waals surface area contributed by atoms with E-state index >= 15 is 0 Å². The van der Waals surface area contributed by atoms with E-state index in [4.69, 9.17) is 10.2 Å². The standard InChI is InChI=1S/C5H6N2O3/c8-4(5(9)10)3-1-6-2-7-3/h1-2,4,8H,(H,6,7)(H,9,10). The van der Waals surface area contributed by atoms with Gasteiger partial charge in [-0.25, -0.2) is 9.78 Å². The first-order valence-corrected chi connectivity index (χ1v) is 2.61. The van der Waals surface area contributed by atoms with Crippen LogP contribution < -0.4 is 0 Å². The van der Waals surface area contributed by atoms with Gasteiger partial charge in [0.2, 0.25) is 0 Å². The van der Waals surface area contributed by atoms with Gasteiger partial charge in [0.15, 0.2) is 6.10 Å². The van der Waals surface area contributed by atoms with Crippen LogP contribution in [0.2, 0.25) is 0 Å². The lowest BCUT2D eigenvalue weighted by molar-refractivity contribution is -0.147. The van der Waals surface area contributed by atoms with Crippen molar-refractivity contribution in [1.29, 1.82) is 0 Å². The van der Waals surface area contributed by atoms with Crippen LogP contribution in [0.3, 0.4) is 0 Å².